The van der Waals surface area contributed by atoms with Crippen molar-refractivity contribution < 1.29 is 9.18 Å². The first-order valence-corrected chi connectivity index (χ1v) is 9.40. The smallest absolute Gasteiger partial charge is 0.261 e. The van der Waals surface area contributed by atoms with Crippen LogP contribution in [-0.2, 0) is 0 Å². The molecule has 0 aliphatic rings. The van der Waals surface area contributed by atoms with Gasteiger partial charge in [-0.1, -0.05) is 34.5 Å². The standard InChI is InChI=1S/C18H16Cl2FN3OS/c1-23(2)7-8-24(17(25)13-5-3-11(19)9-14(13)20)18-22-15-6-4-12(21)10-16(15)26-18/h3-6,9-10H,7-8H2,1-2H3. The third kappa shape index (κ3) is 4.15. The molecule has 0 atom stereocenters. The first-order chi connectivity index (χ1) is 12.3. The van der Waals surface area contributed by atoms with Crippen LogP contribution in [-0.4, -0.2) is 43.0 Å². The summed E-state index contributed by atoms with van der Waals surface area (Å²) < 4.78 is 14.2. The molecule has 0 aliphatic heterocycles. The van der Waals surface area contributed by atoms with E-state index in [1.54, 1.807) is 23.1 Å². The van der Waals surface area contributed by atoms with Gasteiger partial charge in [-0.2, -0.15) is 0 Å². The van der Waals surface area contributed by atoms with Crippen molar-refractivity contribution >= 4 is 55.8 Å². The van der Waals surface area contributed by atoms with Crippen molar-refractivity contribution in [3.8, 4) is 0 Å². The van der Waals surface area contributed by atoms with Crippen LogP contribution in [0.3, 0.4) is 0 Å². The van der Waals surface area contributed by atoms with E-state index < -0.39 is 0 Å². The van der Waals surface area contributed by atoms with Crippen LogP contribution in [0.15, 0.2) is 36.4 Å². The lowest BCUT2D eigenvalue weighted by molar-refractivity contribution is 0.0985. The number of thiazole rings is 1. The van der Waals surface area contributed by atoms with Crippen LogP contribution in [0.2, 0.25) is 10.0 Å². The zero-order chi connectivity index (χ0) is 18.8. The number of carbonyl (C=O) groups excluding carboxylic acids is 1. The Morgan fingerprint density at radius 3 is 2.62 bits per heavy atom. The Kier molecular flexibility index (Phi) is 5.77. The maximum Gasteiger partial charge on any atom is 0.261 e. The summed E-state index contributed by atoms with van der Waals surface area (Å²) in [5, 5.41) is 1.25. The average molecular weight is 412 g/mol. The molecule has 136 valence electrons. The molecule has 0 saturated heterocycles. The number of amides is 1. The van der Waals surface area contributed by atoms with Gasteiger partial charge in [0.05, 0.1) is 20.8 Å². The second-order valence-corrected chi connectivity index (χ2v) is 7.85. The second kappa shape index (κ2) is 7.88. The van der Waals surface area contributed by atoms with Crippen LogP contribution in [0.4, 0.5) is 9.52 Å². The lowest BCUT2D eigenvalue weighted by Crippen LogP contribution is -2.36. The predicted octanol–water partition coefficient (Wildman–Crippen LogP) is 4.95. The molecule has 1 heterocycles. The van der Waals surface area contributed by atoms with Crippen molar-refractivity contribution in [2.24, 2.45) is 0 Å². The van der Waals surface area contributed by atoms with Gasteiger partial charge in [0.1, 0.15) is 5.82 Å². The molecule has 3 rings (SSSR count). The summed E-state index contributed by atoms with van der Waals surface area (Å²) in [6.07, 6.45) is 0. The normalized spacial score (nSPS) is 11.3. The minimum Gasteiger partial charge on any atom is -0.308 e. The topological polar surface area (TPSA) is 36.4 Å². The monoisotopic (exact) mass is 411 g/mol. The fourth-order valence-electron chi connectivity index (χ4n) is 2.39. The number of carbonyl (C=O) groups is 1. The number of aromatic nitrogens is 1. The highest BCUT2D eigenvalue weighted by Gasteiger charge is 2.23. The molecule has 1 aromatic heterocycles. The molecular weight excluding hydrogens is 396 g/mol. The van der Waals surface area contributed by atoms with E-state index in [2.05, 4.69) is 4.98 Å². The van der Waals surface area contributed by atoms with E-state index in [9.17, 15) is 9.18 Å². The summed E-state index contributed by atoms with van der Waals surface area (Å²) in [5.74, 6) is -0.604. The molecule has 3 aromatic rings. The zero-order valence-corrected chi connectivity index (χ0v) is 16.5. The molecule has 0 bridgehead atoms. The Hall–Kier alpha value is -1.73. The number of hydrogen-bond acceptors (Lipinski definition) is 4. The number of benzene rings is 2. The molecule has 8 heteroatoms. The molecule has 0 unspecified atom stereocenters. The number of anilines is 1. The Balaban J connectivity index is 2.01. The maximum atomic E-state index is 13.5. The minimum absolute atomic E-state index is 0.270. The number of nitrogens with zero attached hydrogens (tertiary/aromatic N) is 3. The van der Waals surface area contributed by atoms with E-state index in [1.807, 2.05) is 19.0 Å². The van der Waals surface area contributed by atoms with Gasteiger partial charge in [0.25, 0.3) is 5.91 Å². The molecule has 0 radical (unpaired) electrons. The third-order valence-corrected chi connectivity index (χ3v) is 5.34. The van der Waals surface area contributed by atoms with Crippen molar-refractivity contribution in [1.82, 2.24) is 9.88 Å². The van der Waals surface area contributed by atoms with E-state index in [0.717, 1.165) is 0 Å². The third-order valence-electron chi connectivity index (χ3n) is 3.75. The Bertz CT molecular complexity index is 961. The van der Waals surface area contributed by atoms with E-state index in [-0.39, 0.29) is 16.7 Å². The van der Waals surface area contributed by atoms with Gasteiger partial charge in [0.15, 0.2) is 5.13 Å². The molecule has 1 amide bonds. The molecule has 26 heavy (non-hydrogen) atoms. The van der Waals surface area contributed by atoms with Crippen molar-refractivity contribution in [2.75, 3.05) is 32.1 Å². The average Bonchev–Trinajstić information content (AvgIpc) is 2.97. The lowest BCUT2D eigenvalue weighted by Gasteiger charge is -2.22. The van der Waals surface area contributed by atoms with E-state index >= 15 is 0 Å². The number of fused-ring (bicyclic) bond motifs is 1. The van der Waals surface area contributed by atoms with Crippen molar-refractivity contribution in [3.05, 3.63) is 57.8 Å². The predicted molar refractivity (Wildman–Crippen MR) is 106 cm³/mol. The van der Waals surface area contributed by atoms with Crippen LogP contribution in [0.5, 0.6) is 0 Å². The fraction of sp³-hybridized carbons (Fsp3) is 0.222. The van der Waals surface area contributed by atoms with Gasteiger partial charge < -0.3 is 4.90 Å². The fourth-order valence-corrected chi connectivity index (χ4v) is 3.90. The van der Waals surface area contributed by atoms with Gasteiger partial charge in [0.2, 0.25) is 0 Å². The molecule has 2 aromatic carbocycles. The molecule has 0 spiro atoms. The van der Waals surface area contributed by atoms with E-state index in [0.29, 0.717) is 39.0 Å². The Labute approximate surface area is 164 Å². The SMILES string of the molecule is CN(C)CCN(C(=O)c1ccc(Cl)cc1Cl)c1nc2ccc(F)cc2s1. The number of rotatable bonds is 5. The van der Waals surface area contributed by atoms with E-state index in [1.165, 1.54) is 29.5 Å². The zero-order valence-electron chi connectivity index (χ0n) is 14.2. The Morgan fingerprint density at radius 2 is 1.92 bits per heavy atom. The van der Waals surface area contributed by atoms with Crippen molar-refractivity contribution in [2.45, 2.75) is 0 Å². The highest BCUT2D eigenvalue weighted by molar-refractivity contribution is 7.22. The minimum atomic E-state index is -0.334. The highest BCUT2D eigenvalue weighted by atomic mass is 35.5. The summed E-state index contributed by atoms with van der Waals surface area (Å²) in [5.41, 5.74) is 0.997. The first-order valence-electron chi connectivity index (χ1n) is 7.83. The molecular formula is C18H16Cl2FN3OS. The maximum absolute atomic E-state index is 13.5. The van der Waals surface area contributed by atoms with Crippen LogP contribution in [0, 0.1) is 5.82 Å². The van der Waals surface area contributed by atoms with Gasteiger partial charge in [-0.15, -0.1) is 0 Å². The largest absolute Gasteiger partial charge is 0.308 e. The van der Waals surface area contributed by atoms with Gasteiger partial charge in [-0.25, -0.2) is 9.37 Å². The summed E-state index contributed by atoms with van der Waals surface area (Å²) in [7, 11) is 3.84. The quantitative estimate of drug-likeness (QED) is 0.595. The van der Waals surface area contributed by atoms with Gasteiger partial charge in [-0.3, -0.25) is 9.69 Å². The molecule has 4 nitrogen and oxygen atoms in total. The molecule has 0 N–H and O–H groups in total. The van der Waals surface area contributed by atoms with Gasteiger partial charge in [0, 0.05) is 18.1 Å². The van der Waals surface area contributed by atoms with Gasteiger partial charge in [-0.05, 0) is 50.5 Å². The van der Waals surface area contributed by atoms with Crippen LogP contribution < -0.4 is 4.90 Å². The van der Waals surface area contributed by atoms with Gasteiger partial charge >= 0.3 is 0 Å². The van der Waals surface area contributed by atoms with E-state index in [4.69, 9.17) is 23.2 Å². The first kappa shape index (κ1) is 19.0. The Morgan fingerprint density at radius 1 is 1.15 bits per heavy atom. The molecule has 0 fully saturated rings. The molecule has 0 aliphatic carbocycles. The van der Waals surface area contributed by atoms with Crippen LogP contribution in [0.1, 0.15) is 10.4 Å². The van der Waals surface area contributed by atoms with Crippen LogP contribution >= 0.6 is 34.5 Å². The van der Waals surface area contributed by atoms with Crippen molar-refractivity contribution in [1.29, 1.82) is 0 Å². The summed E-state index contributed by atoms with van der Waals surface area (Å²) in [6, 6.07) is 9.14. The summed E-state index contributed by atoms with van der Waals surface area (Å²) >= 11 is 13.4. The van der Waals surface area contributed by atoms with Crippen LogP contribution in [0.25, 0.3) is 10.2 Å². The highest BCUT2D eigenvalue weighted by Crippen LogP contribution is 2.31. The molecule has 0 saturated carbocycles. The lowest BCUT2D eigenvalue weighted by atomic mass is 10.2. The number of halogens is 3. The second-order valence-electron chi connectivity index (χ2n) is 5.99. The number of likely N-dealkylation sites (N-methyl/N-ethyl adjacent to an activating group) is 1. The number of hydrogen-bond donors (Lipinski definition) is 0. The van der Waals surface area contributed by atoms with Crippen molar-refractivity contribution in [3.63, 3.8) is 0 Å². The summed E-state index contributed by atoms with van der Waals surface area (Å²) in [6.45, 7) is 1.06. The summed E-state index contributed by atoms with van der Waals surface area (Å²) in [4.78, 5) is 21.1.